The summed E-state index contributed by atoms with van der Waals surface area (Å²) in [5, 5.41) is 0.663. The van der Waals surface area contributed by atoms with Gasteiger partial charge in [-0.3, -0.25) is 0 Å². The number of amides is 2. The number of urea groups is 1. The predicted molar refractivity (Wildman–Crippen MR) is 49.2 cm³/mol. The third kappa shape index (κ3) is 1.91. The standard InChI is InChI=1S/C7H12N2O2S/c1-4-7(2,3)11-6(12-4)9-5(8)10/h4H,1-3H3,(H2,8,10)/b9-6-. The van der Waals surface area contributed by atoms with Gasteiger partial charge in [0.2, 0.25) is 0 Å². The lowest BCUT2D eigenvalue weighted by Gasteiger charge is -2.20. The summed E-state index contributed by atoms with van der Waals surface area (Å²) < 4.78 is 5.38. The fourth-order valence-electron chi connectivity index (χ4n) is 0.764. The van der Waals surface area contributed by atoms with Gasteiger partial charge in [0.25, 0.3) is 5.23 Å². The van der Waals surface area contributed by atoms with Gasteiger partial charge in [-0.2, -0.15) is 4.99 Å². The average molecular weight is 188 g/mol. The van der Waals surface area contributed by atoms with Crippen LogP contribution in [0.2, 0.25) is 0 Å². The van der Waals surface area contributed by atoms with Crippen molar-refractivity contribution in [3.8, 4) is 0 Å². The zero-order chi connectivity index (χ0) is 9.35. The van der Waals surface area contributed by atoms with Gasteiger partial charge in [-0.15, -0.1) is 0 Å². The molecule has 1 saturated heterocycles. The number of hydrogen-bond acceptors (Lipinski definition) is 3. The number of ether oxygens (including phenoxy) is 1. The summed E-state index contributed by atoms with van der Waals surface area (Å²) in [6.07, 6.45) is 0. The molecule has 1 aliphatic heterocycles. The Balaban J connectivity index is 2.73. The lowest BCUT2D eigenvalue weighted by atomic mass is 10.1. The number of hydrogen-bond donors (Lipinski definition) is 1. The van der Waals surface area contributed by atoms with Gasteiger partial charge in [0.15, 0.2) is 0 Å². The normalized spacial score (nSPS) is 30.2. The Hall–Kier alpha value is -0.710. The largest absolute Gasteiger partial charge is 0.465 e. The van der Waals surface area contributed by atoms with Gasteiger partial charge >= 0.3 is 6.03 Å². The van der Waals surface area contributed by atoms with E-state index in [9.17, 15) is 4.79 Å². The number of carbonyl (C=O) groups excluding carboxylic acids is 1. The van der Waals surface area contributed by atoms with Crippen LogP contribution in [0.25, 0.3) is 0 Å². The maximum absolute atomic E-state index is 10.4. The van der Waals surface area contributed by atoms with Crippen LogP contribution < -0.4 is 5.73 Å². The molecule has 0 spiro atoms. The molecular formula is C7H12N2O2S. The van der Waals surface area contributed by atoms with Crippen LogP contribution in [0.3, 0.4) is 0 Å². The number of carbonyl (C=O) groups is 1. The zero-order valence-electron chi connectivity index (χ0n) is 7.33. The Morgan fingerprint density at radius 1 is 1.75 bits per heavy atom. The summed E-state index contributed by atoms with van der Waals surface area (Å²) >= 11 is 1.43. The Morgan fingerprint density at radius 3 is 2.67 bits per heavy atom. The summed E-state index contributed by atoms with van der Waals surface area (Å²) in [5.74, 6) is 0. The van der Waals surface area contributed by atoms with Crippen molar-refractivity contribution >= 4 is 23.0 Å². The highest BCUT2D eigenvalue weighted by Crippen LogP contribution is 2.36. The van der Waals surface area contributed by atoms with E-state index in [0.717, 1.165) is 0 Å². The maximum Gasteiger partial charge on any atom is 0.342 e. The van der Waals surface area contributed by atoms with Gasteiger partial charge < -0.3 is 10.5 Å². The van der Waals surface area contributed by atoms with E-state index in [-0.39, 0.29) is 10.9 Å². The third-order valence-electron chi connectivity index (χ3n) is 1.81. The number of primary amides is 1. The first kappa shape index (κ1) is 9.38. The van der Waals surface area contributed by atoms with Crippen molar-refractivity contribution in [3.05, 3.63) is 0 Å². The first-order valence-corrected chi connectivity index (χ1v) is 4.53. The van der Waals surface area contributed by atoms with Crippen molar-refractivity contribution in [2.45, 2.75) is 31.6 Å². The van der Waals surface area contributed by atoms with Gasteiger partial charge in [0, 0.05) is 0 Å². The quantitative estimate of drug-likeness (QED) is 0.624. The van der Waals surface area contributed by atoms with E-state index < -0.39 is 6.03 Å². The predicted octanol–water partition coefficient (Wildman–Crippen LogP) is 1.35. The smallest absolute Gasteiger partial charge is 0.342 e. The minimum Gasteiger partial charge on any atom is -0.465 e. The molecule has 2 N–H and O–H groups in total. The van der Waals surface area contributed by atoms with Crippen molar-refractivity contribution in [3.63, 3.8) is 0 Å². The van der Waals surface area contributed by atoms with Crippen LogP contribution in [0, 0.1) is 0 Å². The van der Waals surface area contributed by atoms with E-state index in [2.05, 4.69) is 4.99 Å². The first-order chi connectivity index (χ1) is 5.42. The van der Waals surface area contributed by atoms with Crippen molar-refractivity contribution in [2.24, 2.45) is 10.7 Å². The molecule has 1 atom stereocenters. The van der Waals surface area contributed by atoms with E-state index in [0.29, 0.717) is 5.23 Å². The van der Waals surface area contributed by atoms with Crippen molar-refractivity contribution in [1.29, 1.82) is 0 Å². The van der Waals surface area contributed by atoms with Gasteiger partial charge in [0.1, 0.15) is 5.60 Å². The fraction of sp³-hybridized carbons (Fsp3) is 0.714. The molecule has 1 aliphatic rings. The van der Waals surface area contributed by atoms with Crippen LogP contribution >= 0.6 is 11.8 Å². The van der Waals surface area contributed by atoms with E-state index in [1.165, 1.54) is 11.8 Å². The molecule has 5 heteroatoms. The summed E-state index contributed by atoms with van der Waals surface area (Å²) in [5.41, 5.74) is 4.62. The summed E-state index contributed by atoms with van der Waals surface area (Å²) in [6.45, 7) is 5.93. The van der Waals surface area contributed by atoms with Crippen molar-refractivity contribution in [1.82, 2.24) is 0 Å². The van der Waals surface area contributed by atoms with Crippen LogP contribution in [0.15, 0.2) is 4.99 Å². The van der Waals surface area contributed by atoms with Crippen LogP contribution in [-0.4, -0.2) is 22.1 Å². The molecule has 0 radical (unpaired) electrons. The number of aliphatic imine (C=N–C) groups is 1. The molecule has 0 aromatic rings. The van der Waals surface area contributed by atoms with Gasteiger partial charge in [-0.25, -0.2) is 4.79 Å². The van der Waals surface area contributed by atoms with Crippen LogP contribution in [-0.2, 0) is 4.74 Å². The number of nitrogens with zero attached hydrogens (tertiary/aromatic N) is 1. The molecular weight excluding hydrogens is 176 g/mol. The fourth-order valence-corrected chi connectivity index (χ4v) is 1.80. The monoisotopic (exact) mass is 188 g/mol. The van der Waals surface area contributed by atoms with Crippen molar-refractivity contribution < 1.29 is 9.53 Å². The Kier molecular flexibility index (Phi) is 2.32. The second kappa shape index (κ2) is 2.97. The van der Waals surface area contributed by atoms with Gasteiger partial charge in [0.05, 0.1) is 5.25 Å². The van der Waals surface area contributed by atoms with Crippen LogP contribution in [0.5, 0.6) is 0 Å². The molecule has 0 aromatic carbocycles. The Morgan fingerprint density at radius 2 is 2.33 bits per heavy atom. The van der Waals surface area contributed by atoms with Gasteiger partial charge in [-0.1, -0.05) is 11.8 Å². The molecule has 12 heavy (non-hydrogen) atoms. The number of nitrogens with two attached hydrogens (primary N) is 1. The van der Waals surface area contributed by atoms with E-state index >= 15 is 0 Å². The molecule has 1 unspecified atom stereocenters. The summed E-state index contributed by atoms with van der Waals surface area (Å²) in [7, 11) is 0. The van der Waals surface area contributed by atoms with Crippen molar-refractivity contribution in [2.75, 3.05) is 0 Å². The lowest BCUT2D eigenvalue weighted by molar-refractivity contribution is 0.114. The highest BCUT2D eigenvalue weighted by atomic mass is 32.2. The van der Waals surface area contributed by atoms with E-state index in [1.54, 1.807) is 0 Å². The molecule has 4 nitrogen and oxygen atoms in total. The second-order valence-corrected chi connectivity index (χ2v) is 4.47. The Labute approximate surface area is 75.6 Å². The summed E-state index contributed by atoms with van der Waals surface area (Å²) in [6, 6.07) is -0.706. The molecule has 68 valence electrons. The molecule has 0 saturated carbocycles. The molecule has 1 heterocycles. The molecule has 1 fully saturated rings. The van der Waals surface area contributed by atoms with Crippen LogP contribution in [0.1, 0.15) is 20.8 Å². The van der Waals surface area contributed by atoms with Crippen LogP contribution in [0.4, 0.5) is 4.79 Å². The lowest BCUT2D eigenvalue weighted by Crippen LogP contribution is -2.28. The topological polar surface area (TPSA) is 64.7 Å². The van der Waals surface area contributed by atoms with E-state index in [4.69, 9.17) is 10.5 Å². The van der Waals surface area contributed by atoms with Gasteiger partial charge in [-0.05, 0) is 20.8 Å². The SMILES string of the molecule is CC1S/C(=N\C(N)=O)OC1(C)C. The minimum atomic E-state index is -0.706. The minimum absolute atomic E-state index is 0.265. The highest BCUT2D eigenvalue weighted by Gasteiger charge is 2.38. The maximum atomic E-state index is 10.4. The summed E-state index contributed by atoms with van der Waals surface area (Å²) in [4.78, 5) is 13.9. The van der Waals surface area contributed by atoms with E-state index in [1.807, 2.05) is 20.8 Å². The molecule has 2 amide bonds. The zero-order valence-corrected chi connectivity index (χ0v) is 8.14. The highest BCUT2D eigenvalue weighted by molar-refractivity contribution is 8.14. The second-order valence-electron chi connectivity index (χ2n) is 3.18. The molecule has 1 rings (SSSR count). The number of thioether (sulfide) groups is 1. The number of rotatable bonds is 0. The first-order valence-electron chi connectivity index (χ1n) is 3.65. The third-order valence-corrected chi connectivity index (χ3v) is 3.11. The Bertz CT molecular complexity index is 238. The average Bonchev–Trinajstić information content (AvgIpc) is 2.04. The molecule has 0 aromatic heterocycles. The molecule has 0 aliphatic carbocycles. The molecule has 0 bridgehead atoms.